The molecule has 5 atom stereocenters. The Balaban J connectivity index is 1.89. The van der Waals surface area contributed by atoms with E-state index in [1.165, 1.54) is 56.9 Å². The minimum Gasteiger partial charge on any atom is -0.352 e. The highest BCUT2D eigenvalue weighted by atomic mass is 16.2. The molecule has 2 fully saturated rings. The summed E-state index contributed by atoms with van der Waals surface area (Å²) in [6, 6.07) is 11.3. The molecule has 0 radical (unpaired) electrons. The number of carbonyl (C=O) groups excluding carboxylic acids is 2. The molecule has 208 valence electrons. The molecule has 1 aliphatic heterocycles. The second kappa shape index (κ2) is 14.4. The number of hydrogen-bond donors (Lipinski definition) is 1. The van der Waals surface area contributed by atoms with Crippen molar-refractivity contribution in [2.45, 2.75) is 123 Å². The molecule has 2 aliphatic rings. The van der Waals surface area contributed by atoms with Crippen molar-refractivity contribution in [3.05, 3.63) is 35.9 Å². The van der Waals surface area contributed by atoms with E-state index < -0.39 is 0 Å². The fourth-order valence-corrected chi connectivity index (χ4v) is 6.73. The number of nitrogens with zero attached hydrogens (tertiary/aromatic N) is 1. The van der Waals surface area contributed by atoms with E-state index in [4.69, 9.17) is 0 Å². The number of rotatable bonds is 10. The summed E-state index contributed by atoms with van der Waals surface area (Å²) in [6.07, 6.45) is 13.9. The van der Waals surface area contributed by atoms with Crippen LogP contribution in [-0.2, 0) is 15.0 Å². The Morgan fingerprint density at radius 1 is 1.03 bits per heavy atom. The van der Waals surface area contributed by atoms with Crippen LogP contribution in [-0.4, -0.2) is 35.8 Å². The summed E-state index contributed by atoms with van der Waals surface area (Å²) < 4.78 is 0. The topological polar surface area (TPSA) is 49.4 Å². The van der Waals surface area contributed by atoms with Crippen molar-refractivity contribution >= 4 is 11.8 Å². The molecule has 1 aromatic rings. The van der Waals surface area contributed by atoms with Crippen LogP contribution >= 0.6 is 0 Å². The highest BCUT2D eigenvalue weighted by Crippen LogP contribution is 2.44. The van der Waals surface area contributed by atoms with Gasteiger partial charge in [0, 0.05) is 18.5 Å². The van der Waals surface area contributed by atoms with Crippen molar-refractivity contribution < 1.29 is 9.59 Å². The molecule has 1 aromatic carbocycles. The predicted molar refractivity (Wildman–Crippen MR) is 154 cm³/mol. The van der Waals surface area contributed by atoms with Crippen molar-refractivity contribution in [2.75, 3.05) is 13.1 Å². The van der Waals surface area contributed by atoms with Crippen molar-refractivity contribution in [1.82, 2.24) is 10.2 Å². The zero-order valence-electron chi connectivity index (χ0n) is 24.4. The molecule has 1 saturated carbocycles. The van der Waals surface area contributed by atoms with Crippen molar-refractivity contribution in [3.8, 4) is 0 Å². The van der Waals surface area contributed by atoms with Gasteiger partial charge in [0.15, 0.2) is 0 Å². The van der Waals surface area contributed by atoms with Gasteiger partial charge in [-0.3, -0.25) is 9.59 Å². The van der Waals surface area contributed by atoms with Crippen molar-refractivity contribution in [2.24, 2.45) is 23.7 Å². The Bertz CT molecular complexity index is 836. The molecule has 0 spiro atoms. The van der Waals surface area contributed by atoms with Gasteiger partial charge in [-0.1, -0.05) is 90.1 Å². The third-order valence-corrected chi connectivity index (χ3v) is 9.76. The minimum atomic E-state index is -0.0192. The Labute approximate surface area is 227 Å². The molecule has 4 heteroatoms. The van der Waals surface area contributed by atoms with Crippen LogP contribution in [0.2, 0.25) is 0 Å². The predicted octanol–water partition coefficient (Wildman–Crippen LogP) is 7.51. The standard InChI is InChI=1S/C33H54N2O2/c1-6-25(3)23-33(30-17-9-8-10-18-30)19-12-16-29(22-28-14-11-15-28)27(5)32(37)35(21-13-20-33)24-31(36)34-26(4)7-2/h8-10,17-18,25-29H,6-7,11-16,19-24H2,1-5H3,(H,34,36)/t25?,26-,27?,29?,33-/m0/s1. The lowest BCUT2D eigenvalue weighted by Gasteiger charge is -2.38. The normalized spacial score (nSPS) is 27.6. The third kappa shape index (κ3) is 8.32. The smallest absolute Gasteiger partial charge is 0.239 e. The molecule has 3 rings (SSSR count). The van der Waals surface area contributed by atoms with E-state index in [0.717, 1.165) is 31.6 Å². The maximum atomic E-state index is 13.9. The number of hydrogen-bond acceptors (Lipinski definition) is 2. The largest absolute Gasteiger partial charge is 0.352 e. The zero-order valence-corrected chi connectivity index (χ0v) is 24.4. The Hall–Kier alpha value is -1.84. The second-order valence-corrected chi connectivity index (χ2v) is 12.6. The van der Waals surface area contributed by atoms with E-state index in [1.54, 1.807) is 0 Å². The van der Waals surface area contributed by atoms with Gasteiger partial charge in [0.2, 0.25) is 11.8 Å². The summed E-state index contributed by atoms with van der Waals surface area (Å²) in [5.74, 6) is 2.01. The first-order valence-corrected chi connectivity index (χ1v) is 15.4. The Morgan fingerprint density at radius 3 is 2.35 bits per heavy atom. The maximum Gasteiger partial charge on any atom is 0.239 e. The average molecular weight is 511 g/mol. The van der Waals surface area contributed by atoms with E-state index in [0.29, 0.717) is 18.4 Å². The molecule has 2 amide bonds. The Morgan fingerprint density at radius 2 is 1.73 bits per heavy atom. The van der Waals surface area contributed by atoms with Gasteiger partial charge < -0.3 is 10.2 Å². The summed E-state index contributed by atoms with van der Waals surface area (Å²) in [7, 11) is 0. The van der Waals surface area contributed by atoms with Crippen LogP contribution in [0.5, 0.6) is 0 Å². The molecular formula is C33H54N2O2. The summed E-state index contributed by atoms with van der Waals surface area (Å²) in [6.45, 7) is 11.8. The molecule has 37 heavy (non-hydrogen) atoms. The van der Waals surface area contributed by atoms with E-state index in [9.17, 15) is 9.59 Å². The summed E-state index contributed by atoms with van der Waals surface area (Å²) >= 11 is 0. The van der Waals surface area contributed by atoms with Crippen LogP contribution in [0.15, 0.2) is 30.3 Å². The second-order valence-electron chi connectivity index (χ2n) is 12.6. The van der Waals surface area contributed by atoms with Gasteiger partial charge in [0.1, 0.15) is 0 Å². The van der Waals surface area contributed by atoms with Gasteiger partial charge in [0.05, 0.1) is 6.54 Å². The quantitative estimate of drug-likeness (QED) is 0.354. The van der Waals surface area contributed by atoms with Crippen molar-refractivity contribution in [3.63, 3.8) is 0 Å². The van der Waals surface area contributed by atoms with Gasteiger partial charge in [-0.2, -0.15) is 0 Å². The lowest BCUT2D eigenvalue weighted by Crippen LogP contribution is -2.46. The molecule has 1 heterocycles. The zero-order chi connectivity index (χ0) is 26.8. The number of carbonyl (C=O) groups is 2. The maximum absolute atomic E-state index is 13.9. The number of amides is 2. The lowest BCUT2D eigenvalue weighted by molar-refractivity contribution is -0.141. The van der Waals surface area contributed by atoms with E-state index in [1.807, 2.05) is 11.8 Å². The first-order valence-electron chi connectivity index (χ1n) is 15.4. The average Bonchev–Trinajstić information content (AvgIpc) is 2.89. The highest BCUT2D eigenvalue weighted by molar-refractivity contribution is 5.86. The Kier molecular flexibility index (Phi) is 11.5. The summed E-state index contributed by atoms with van der Waals surface area (Å²) in [5.41, 5.74) is 1.60. The van der Waals surface area contributed by atoms with Gasteiger partial charge in [-0.05, 0) is 80.6 Å². The van der Waals surface area contributed by atoms with Crippen LogP contribution in [0.25, 0.3) is 0 Å². The van der Waals surface area contributed by atoms with Crippen LogP contribution in [0.1, 0.15) is 117 Å². The first kappa shape index (κ1) is 29.7. The lowest BCUT2D eigenvalue weighted by atomic mass is 9.67. The van der Waals surface area contributed by atoms with E-state index >= 15 is 0 Å². The molecule has 1 N–H and O–H groups in total. The van der Waals surface area contributed by atoms with Crippen LogP contribution in [0.4, 0.5) is 0 Å². The molecular weight excluding hydrogens is 456 g/mol. The summed E-state index contributed by atoms with van der Waals surface area (Å²) in [5, 5.41) is 3.09. The van der Waals surface area contributed by atoms with E-state index in [-0.39, 0.29) is 35.7 Å². The molecule has 0 bridgehead atoms. The molecule has 1 aliphatic carbocycles. The monoisotopic (exact) mass is 510 g/mol. The molecule has 0 aromatic heterocycles. The first-order chi connectivity index (χ1) is 17.8. The van der Waals surface area contributed by atoms with Crippen LogP contribution in [0, 0.1) is 23.7 Å². The minimum absolute atomic E-state index is 0.0178. The SMILES string of the molecule is CCC(C)C[C@]1(c2ccccc2)CCCC(CC2CCC2)C(C)C(=O)N(CC(=O)N[C@@H](C)CC)CCC1. The molecule has 3 unspecified atom stereocenters. The van der Waals surface area contributed by atoms with Gasteiger partial charge in [0.25, 0.3) is 0 Å². The number of benzene rings is 1. The fraction of sp³-hybridized carbons (Fsp3) is 0.758. The summed E-state index contributed by atoms with van der Waals surface area (Å²) in [4.78, 5) is 28.7. The fourth-order valence-electron chi connectivity index (χ4n) is 6.73. The molecule has 4 nitrogen and oxygen atoms in total. The van der Waals surface area contributed by atoms with Crippen LogP contribution < -0.4 is 5.32 Å². The van der Waals surface area contributed by atoms with Crippen molar-refractivity contribution in [1.29, 1.82) is 0 Å². The van der Waals surface area contributed by atoms with Gasteiger partial charge in [-0.25, -0.2) is 0 Å². The number of nitrogens with one attached hydrogen (secondary N) is 1. The van der Waals surface area contributed by atoms with Gasteiger partial charge in [-0.15, -0.1) is 0 Å². The highest BCUT2D eigenvalue weighted by Gasteiger charge is 2.37. The molecule has 1 saturated heterocycles. The van der Waals surface area contributed by atoms with Gasteiger partial charge >= 0.3 is 0 Å². The third-order valence-electron chi connectivity index (χ3n) is 9.76. The van der Waals surface area contributed by atoms with Crippen LogP contribution in [0.3, 0.4) is 0 Å². The van der Waals surface area contributed by atoms with E-state index in [2.05, 4.69) is 63.3 Å².